The number of nitro groups is 1. The molecule has 0 unspecified atom stereocenters. The van der Waals surface area contributed by atoms with Crippen molar-refractivity contribution in [2.45, 2.75) is 6.92 Å². The highest BCUT2D eigenvalue weighted by atomic mass is 79.9. The number of piperazine rings is 1. The summed E-state index contributed by atoms with van der Waals surface area (Å²) in [5, 5.41) is 10.9. The molecule has 124 valence electrons. The van der Waals surface area contributed by atoms with Crippen molar-refractivity contribution in [1.82, 2.24) is 9.80 Å². The monoisotopic (exact) mass is 385 g/mol. The highest BCUT2D eigenvalue weighted by molar-refractivity contribution is 9.10. The third-order valence-electron chi connectivity index (χ3n) is 3.48. The first-order valence-corrected chi connectivity index (χ1v) is 7.88. The Labute approximate surface area is 141 Å². The quantitative estimate of drug-likeness (QED) is 0.587. The highest BCUT2D eigenvalue weighted by Crippen LogP contribution is 2.26. The van der Waals surface area contributed by atoms with Crippen molar-refractivity contribution in [2.75, 3.05) is 32.8 Å². The van der Waals surface area contributed by atoms with E-state index in [1.165, 1.54) is 23.1 Å². The van der Waals surface area contributed by atoms with Gasteiger partial charge in [-0.15, -0.1) is 0 Å². The van der Waals surface area contributed by atoms with Crippen LogP contribution in [0.5, 0.6) is 0 Å². The molecule has 0 radical (unpaired) electrons. The highest BCUT2D eigenvalue weighted by Gasteiger charge is 2.26. The lowest BCUT2D eigenvalue weighted by Crippen LogP contribution is -2.50. The van der Waals surface area contributed by atoms with E-state index in [9.17, 15) is 19.7 Å². The fraction of sp³-hybridized carbons (Fsp3) is 0.429. The predicted octanol–water partition coefficient (Wildman–Crippen LogP) is 2.27. The first kappa shape index (κ1) is 17.2. The summed E-state index contributed by atoms with van der Waals surface area (Å²) in [5.41, 5.74) is 0.102. The molecule has 1 saturated heterocycles. The van der Waals surface area contributed by atoms with Crippen LogP contribution in [-0.4, -0.2) is 59.5 Å². The molecule has 1 aromatic rings. The summed E-state index contributed by atoms with van der Waals surface area (Å²) >= 11 is 3.09. The zero-order valence-electron chi connectivity index (χ0n) is 12.5. The topological polar surface area (TPSA) is 93.0 Å². The van der Waals surface area contributed by atoms with Gasteiger partial charge in [0.1, 0.15) is 0 Å². The summed E-state index contributed by atoms with van der Waals surface area (Å²) in [4.78, 5) is 37.6. The minimum Gasteiger partial charge on any atom is -0.450 e. The molecule has 1 aliphatic rings. The summed E-state index contributed by atoms with van der Waals surface area (Å²) in [7, 11) is 0. The Morgan fingerprint density at radius 1 is 1.26 bits per heavy atom. The van der Waals surface area contributed by atoms with Gasteiger partial charge in [-0.3, -0.25) is 14.9 Å². The van der Waals surface area contributed by atoms with E-state index in [0.717, 1.165) is 0 Å². The van der Waals surface area contributed by atoms with Crippen molar-refractivity contribution in [3.63, 3.8) is 0 Å². The summed E-state index contributed by atoms with van der Waals surface area (Å²) < 4.78 is 5.25. The van der Waals surface area contributed by atoms with E-state index in [0.29, 0.717) is 37.3 Å². The number of amides is 2. The maximum absolute atomic E-state index is 12.4. The van der Waals surface area contributed by atoms with Gasteiger partial charge in [-0.1, -0.05) is 0 Å². The van der Waals surface area contributed by atoms with Gasteiger partial charge in [-0.05, 0) is 35.0 Å². The Hall–Kier alpha value is -2.16. The lowest BCUT2D eigenvalue weighted by molar-refractivity contribution is -0.385. The predicted molar refractivity (Wildman–Crippen MR) is 85.3 cm³/mol. The normalized spacial score (nSPS) is 14.5. The third-order valence-corrected chi connectivity index (χ3v) is 4.15. The van der Waals surface area contributed by atoms with Crippen molar-refractivity contribution in [2.24, 2.45) is 0 Å². The van der Waals surface area contributed by atoms with Crippen LogP contribution in [0.15, 0.2) is 22.7 Å². The molecular weight excluding hydrogens is 370 g/mol. The third kappa shape index (κ3) is 3.98. The van der Waals surface area contributed by atoms with Crippen LogP contribution in [0.25, 0.3) is 0 Å². The molecule has 0 atom stereocenters. The van der Waals surface area contributed by atoms with Crippen LogP contribution in [0.2, 0.25) is 0 Å². The number of nitro benzene ring substituents is 1. The van der Waals surface area contributed by atoms with Crippen LogP contribution in [0.3, 0.4) is 0 Å². The van der Waals surface area contributed by atoms with Crippen molar-refractivity contribution in [3.05, 3.63) is 38.3 Å². The Balaban J connectivity index is 2.04. The Morgan fingerprint density at radius 2 is 1.87 bits per heavy atom. The minimum atomic E-state index is -0.542. The number of benzene rings is 1. The van der Waals surface area contributed by atoms with E-state index in [-0.39, 0.29) is 23.3 Å². The fourth-order valence-corrected chi connectivity index (χ4v) is 2.67. The largest absolute Gasteiger partial charge is 0.450 e. The number of halogens is 1. The van der Waals surface area contributed by atoms with E-state index >= 15 is 0 Å². The maximum atomic E-state index is 12.4. The second kappa shape index (κ2) is 7.40. The van der Waals surface area contributed by atoms with Crippen LogP contribution in [0, 0.1) is 10.1 Å². The number of nitrogens with zero attached hydrogens (tertiary/aromatic N) is 3. The number of carbonyl (C=O) groups is 2. The summed E-state index contributed by atoms with van der Waals surface area (Å²) in [6, 6.07) is 4.28. The molecule has 8 nitrogen and oxygen atoms in total. The second-order valence-electron chi connectivity index (χ2n) is 4.90. The van der Waals surface area contributed by atoms with Crippen LogP contribution < -0.4 is 0 Å². The number of hydrogen-bond acceptors (Lipinski definition) is 5. The lowest BCUT2D eigenvalue weighted by atomic mass is 10.1. The molecule has 2 rings (SSSR count). The van der Waals surface area contributed by atoms with Crippen molar-refractivity contribution < 1.29 is 19.2 Å². The molecule has 0 aliphatic carbocycles. The Bertz CT molecular complexity index is 629. The summed E-state index contributed by atoms with van der Waals surface area (Å²) in [6.45, 7) is 3.52. The SMILES string of the molecule is CCOC(=O)N1CCN(C(=O)c2ccc(Br)c([N+](=O)[O-])c2)CC1. The average molecular weight is 386 g/mol. The maximum Gasteiger partial charge on any atom is 0.409 e. The number of rotatable bonds is 3. The standard InChI is InChI=1S/C14H16BrN3O5/c1-2-23-14(20)17-7-5-16(6-8-17)13(19)10-3-4-11(15)12(9-10)18(21)22/h3-4,9H,2,5-8H2,1H3. The molecule has 2 amide bonds. The van der Waals surface area contributed by atoms with Gasteiger partial charge in [0.25, 0.3) is 11.6 Å². The van der Waals surface area contributed by atoms with Gasteiger partial charge >= 0.3 is 6.09 Å². The van der Waals surface area contributed by atoms with Gasteiger partial charge in [-0.25, -0.2) is 4.79 Å². The lowest BCUT2D eigenvalue weighted by Gasteiger charge is -2.34. The molecule has 9 heteroatoms. The molecule has 1 aliphatic heterocycles. The fourth-order valence-electron chi connectivity index (χ4n) is 2.28. The van der Waals surface area contributed by atoms with Crippen molar-refractivity contribution in [1.29, 1.82) is 0 Å². The number of carbonyl (C=O) groups excluding carboxylic acids is 2. The van der Waals surface area contributed by atoms with E-state index in [4.69, 9.17) is 4.74 Å². The molecule has 0 saturated carbocycles. The first-order chi connectivity index (χ1) is 10.9. The average Bonchev–Trinajstić information content (AvgIpc) is 2.54. The molecule has 23 heavy (non-hydrogen) atoms. The zero-order chi connectivity index (χ0) is 17.0. The Kier molecular flexibility index (Phi) is 5.54. The minimum absolute atomic E-state index is 0.152. The molecule has 1 heterocycles. The molecular formula is C14H16BrN3O5. The molecule has 0 spiro atoms. The van der Waals surface area contributed by atoms with Gasteiger partial charge in [0, 0.05) is 37.8 Å². The van der Waals surface area contributed by atoms with Gasteiger partial charge in [0.2, 0.25) is 0 Å². The number of hydrogen-bond donors (Lipinski definition) is 0. The van der Waals surface area contributed by atoms with E-state index in [2.05, 4.69) is 15.9 Å². The second-order valence-corrected chi connectivity index (χ2v) is 5.76. The first-order valence-electron chi connectivity index (χ1n) is 7.09. The smallest absolute Gasteiger partial charge is 0.409 e. The van der Waals surface area contributed by atoms with Crippen LogP contribution in [0.1, 0.15) is 17.3 Å². The summed E-state index contributed by atoms with van der Waals surface area (Å²) in [6.07, 6.45) is -0.390. The molecule has 0 bridgehead atoms. The van der Waals surface area contributed by atoms with Crippen LogP contribution in [-0.2, 0) is 4.74 Å². The van der Waals surface area contributed by atoms with Gasteiger partial charge in [0.05, 0.1) is 16.0 Å². The molecule has 1 fully saturated rings. The molecule has 1 aromatic carbocycles. The van der Waals surface area contributed by atoms with E-state index < -0.39 is 4.92 Å². The van der Waals surface area contributed by atoms with Gasteiger partial charge in [0.15, 0.2) is 0 Å². The molecule has 0 N–H and O–H groups in total. The Morgan fingerprint density at radius 3 is 2.43 bits per heavy atom. The van der Waals surface area contributed by atoms with Crippen molar-refractivity contribution >= 4 is 33.6 Å². The summed E-state index contributed by atoms with van der Waals surface area (Å²) in [5.74, 6) is -0.288. The van der Waals surface area contributed by atoms with Crippen molar-refractivity contribution in [3.8, 4) is 0 Å². The number of ether oxygens (including phenoxy) is 1. The van der Waals surface area contributed by atoms with Gasteiger partial charge < -0.3 is 14.5 Å². The zero-order valence-corrected chi connectivity index (χ0v) is 14.1. The van der Waals surface area contributed by atoms with Gasteiger partial charge in [-0.2, -0.15) is 0 Å². The van der Waals surface area contributed by atoms with Crippen LogP contribution >= 0.6 is 15.9 Å². The van der Waals surface area contributed by atoms with Crippen LogP contribution in [0.4, 0.5) is 10.5 Å². The van der Waals surface area contributed by atoms with E-state index in [1.807, 2.05) is 0 Å². The van der Waals surface area contributed by atoms with E-state index in [1.54, 1.807) is 11.8 Å². The molecule has 0 aromatic heterocycles.